The molecule has 5 N–H and O–H groups in total. The van der Waals surface area contributed by atoms with E-state index in [1.165, 1.54) is 6.20 Å². The van der Waals surface area contributed by atoms with Gasteiger partial charge >= 0.3 is 0 Å². The minimum absolute atomic E-state index is 0.287. The largest absolute Gasteiger partial charge is 0.404 e. The summed E-state index contributed by atoms with van der Waals surface area (Å²) in [7, 11) is 3.63. The van der Waals surface area contributed by atoms with E-state index in [2.05, 4.69) is 32.5 Å². The number of nitrogens with two attached hydrogens (primary N) is 2. The van der Waals surface area contributed by atoms with E-state index in [-0.39, 0.29) is 6.04 Å². The molecular weight excluding hydrogens is 400 g/mol. The molecular formula is C24H30N8. The van der Waals surface area contributed by atoms with Gasteiger partial charge in [0.25, 0.3) is 0 Å². The third kappa shape index (κ3) is 4.86. The first kappa shape index (κ1) is 21.7. The Hall–Kier alpha value is -3.52. The van der Waals surface area contributed by atoms with Gasteiger partial charge in [0.1, 0.15) is 5.82 Å². The minimum atomic E-state index is 0.287. The fourth-order valence-corrected chi connectivity index (χ4v) is 4.05. The Labute approximate surface area is 188 Å². The van der Waals surface area contributed by atoms with Crippen molar-refractivity contribution in [3.05, 3.63) is 54.6 Å². The normalized spacial score (nSPS) is 19.4. The van der Waals surface area contributed by atoms with E-state index in [1.807, 2.05) is 37.8 Å². The number of hydrogen-bond acceptors (Lipinski definition) is 7. The van der Waals surface area contributed by atoms with E-state index < -0.39 is 0 Å². The fourth-order valence-electron chi connectivity index (χ4n) is 4.05. The summed E-state index contributed by atoms with van der Waals surface area (Å²) >= 11 is 0. The van der Waals surface area contributed by atoms with Crippen molar-refractivity contribution in [1.82, 2.24) is 19.7 Å². The summed E-state index contributed by atoms with van der Waals surface area (Å²) in [6.07, 6.45) is 13.0. The molecule has 1 saturated carbocycles. The molecule has 0 spiro atoms. The number of allylic oxidation sites excluding steroid dienone is 1. The summed E-state index contributed by atoms with van der Waals surface area (Å²) < 4.78 is 1.79. The number of anilines is 1. The second-order valence-electron chi connectivity index (χ2n) is 8.20. The Morgan fingerprint density at radius 3 is 2.62 bits per heavy atom. The lowest BCUT2D eigenvalue weighted by Crippen LogP contribution is -2.33. The molecule has 4 rings (SSSR count). The van der Waals surface area contributed by atoms with Gasteiger partial charge < -0.3 is 16.8 Å². The van der Waals surface area contributed by atoms with Crippen LogP contribution in [0.3, 0.4) is 0 Å². The molecule has 166 valence electrons. The molecule has 0 aliphatic heterocycles. The quantitative estimate of drug-likeness (QED) is 0.517. The first-order valence-corrected chi connectivity index (χ1v) is 10.9. The van der Waals surface area contributed by atoms with Crippen LogP contribution in [-0.2, 0) is 7.05 Å². The van der Waals surface area contributed by atoms with Crippen LogP contribution in [-0.4, -0.2) is 45.1 Å². The molecule has 1 fully saturated rings. The molecule has 0 amide bonds. The molecule has 32 heavy (non-hydrogen) atoms. The van der Waals surface area contributed by atoms with E-state index in [9.17, 15) is 0 Å². The number of nitrogens with one attached hydrogen (secondary N) is 1. The minimum Gasteiger partial charge on any atom is -0.404 e. The van der Waals surface area contributed by atoms with Gasteiger partial charge in [-0.15, -0.1) is 0 Å². The van der Waals surface area contributed by atoms with Crippen LogP contribution >= 0.6 is 0 Å². The molecule has 0 atom stereocenters. The topological polar surface area (TPSA) is 120 Å². The summed E-state index contributed by atoms with van der Waals surface area (Å²) in [4.78, 5) is 13.7. The van der Waals surface area contributed by atoms with Gasteiger partial charge in [0.2, 0.25) is 0 Å². The van der Waals surface area contributed by atoms with Gasteiger partial charge in [0.15, 0.2) is 5.82 Å². The fraction of sp³-hybridized carbons (Fsp3) is 0.333. The third-order valence-electron chi connectivity index (χ3n) is 5.82. The lowest BCUT2D eigenvalue weighted by Gasteiger charge is -2.28. The van der Waals surface area contributed by atoms with Gasteiger partial charge in [-0.3, -0.25) is 9.67 Å². The van der Waals surface area contributed by atoms with E-state index in [0.717, 1.165) is 59.3 Å². The van der Waals surface area contributed by atoms with Crippen LogP contribution < -0.4 is 16.8 Å². The zero-order valence-electron chi connectivity index (χ0n) is 18.6. The number of hydrogen-bond donors (Lipinski definition) is 3. The molecule has 8 nitrogen and oxygen atoms in total. The molecule has 8 heteroatoms. The van der Waals surface area contributed by atoms with Crippen molar-refractivity contribution in [1.29, 1.82) is 0 Å². The van der Waals surface area contributed by atoms with Crippen molar-refractivity contribution < 1.29 is 0 Å². The van der Waals surface area contributed by atoms with Crippen molar-refractivity contribution in [3.63, 3.8) is 0 Å². The Balaban J connectivity index is 1.70. The standard InChI is InChI=1S/C24H30N8/c1-27-12-18(11-25)22-14-28-23(31-24(22)30-21-8-6-20(26)7-9-21)17-5-3-4-16(10-17)19-13-29-32(2)15-19/h3-5,10-15,20-21H,6-9,25-26H2,1-2H3,(H,28,30,31). The lowest BCUT2D eigenvalue weighted by molar-refractivity contribution is 0.410. The average molecular weight is 431 g/mol. The summed E-state index contributed by atoms with van der Waals surface area (Å²) in [5, 5.41) is 7.90. The summed E-state index contributed by atoms with van der Waals surface area (Å²) in [6, 6.07) is 8.78. The van der Waals surface area contributed by atoms with Gasteiger partial charge in [0, 0.05) is 73.3 Å². The van der Waals surface area contributed by atoms with Crippen LogP contribution in [0.2, 0.25) is 0 Å². The second-order valence-corrected chi connectivity index (χ2v) is 8.20. The van der Waals surface area contributed by atoms with Crippen molar-refractivity contribution in [2.75, 3.05) is 12.4 Å². The Morgan fingerprint density at radius 1 is 1.16 bits per heavy atom. The number of aliphatic imine (C=N–C) groups is 1. The SMILES string of the molecule is CN=CC(=CN)c1cnc(-c2cccc(-c3cnn(C)c3)c2)nc1NC1CCC(N)CC1. The van der Waals surface area contributed by atoms with Crippen molar-refractivity contribution in [2.24, 2.45) is 23.5 Å². The van der Waals surface area contributed by atoms with E-state index in [0.29, 0.717) is 11.9 Å². The summed E-state index contributed by atoms with van der Waals surface area (Å²) in [5.74, 6) is 1.41. The van der Waals surface area contributed by atoms with Crippen molar-refractivity contribution in [2.45, 2.75) is 37.8 Å². The maximum absolute atomic E-state index is 6.09. The van der Waals surface area contributed by atoms with E-state index >= 15 is 0 Å². The van der Waals surface area contributed by atoms with Gasteiger partial charge in [-0.25, -0.2) is 9.97 Å². The summed E-state index contributed by atoms with van der Waals surface area (Å²) in [6.45, 7) is 0. The van der Waals surface area contributed by atoms with Crippen LogP contribution in [0.5, 0.6) is 0 Å². The molecule has 1 aliphatic carbocycles. The van der Waals surface area contributed by atoms with Crippen molar-refractivity contribution in [3.8, 4) is 22.5 Å². The highest BCUT2D eigenvalue weighted by Crippen LogP contribution is 2.29. The number of aromatic nitrogens is 4. The van der Waals surface area contributed by atoms with Crippen molar-refractivity contribution >= 4 is 17.6 Å². The second kappa shape index (κ2) is 9.74. The smallest absolute Gasteiger partial charge is 0.161 e. The zero-order valence-corrected chi connectivity index (χ0v) is 18.6. The van der Waals surface area contributed by atoms with Gasteiger partial charge in [-0.1, -0.05) is 18.2 Å². The first-order chi connectivity index (χ1) is 15.6. The van der Waals surface area contributed by atoms with Crippen LogP contribution in [0.25, 0.3) is 28.1 Å². The van der Waals surface area contributed by atoms with Crippen LogP contribution in [0, 0.1) is 0 Å². The van der Waals surface area contributed by atoms with Crippen LogP contribution in [0.15, 0.2) is 54.0 Å². The highest BCUT2D eigenvalue weighted by Gasteiger charge is 2.21. The molecule has 0 radical (unpaired) electrons. The van der Waals surface area contributed by atoms with Crippen LogP contribution in [0.4, 0.5) is 5.82 Å². The molecule has 1 aliphatic rings. The van der Waals surface area contributed by atoms with Crippen LogP contribution in [0.1, 0.15) is 31.2 Å². The predicted molar refractivity (Wildman–Crippen MR) is 130 cm³/mol. The van der Waals surface area contributed by atoms with E-state index in [4.69, 9.17) is 16.5 Å². The van der Waals surface area contributed by atoms with Gasteiger partial charge in [0.05, 0.1) is 6.20 Å². The average Bonchev–Trinajstić information content (AvgIpc) is 3.25. The number of benzene rings is 1. The first-order valence-electron chi connectivity index (χ1n) is 10.9. The molecule has 0 bridgehead atoms. The lowest BCUT2D eigenvalue weighted by atomic mass is 9.91. The predicted octanol–water partition coefficient (Wildman–Crippen LogP) is 3.23. The Bertz CT molecular complexity index is 1120. The molecule has 2 aromatic heterocycles. The summed E-state index contributed by atoms with van der Waals surface area (Å²) in [5.41, 5.74) is 16.6. The molecule has 3 aromatic rings. The maximum atomic E-state index is 6.09. The number of aryl methyl sites for hydroxylation is 1. The number of rotatable bonds is 6. The third-order valence-corrected chi connectivity index (χ3v) is 5.82. The van der Waals surface area contributed by atoms with Gasteiger partial charge in [-0.2, -0.15) is 5.10 Å². The number of nitrogens with zero attached hydrogens (tertiary/aromatic N) is 5. The molecule has 0 unspecified atom stereocenters. The Kier molecular flexibility index (Phi) is 6.61. The highest BCUT2D eigenvalue weighted by molar-refractivity contribution is 6.11. The molecule has 2 heterocycles. The Morgan fingerprint density at radius 2 is 1.94 bits per heavy atom. The zero-order chi connectivity index (χ0) is 22.5. The monoisotopic (exact) mass is 430 g/mol. The maximum Gasteiger partial charge on any atom is 0.161 e. The van der Waals surface area contributed by atoms with E-state index in [1.54, 1.807) is 17.9 Å². The molecule has 1 aromatic carbocycles. The highest BCUT2D eigenvalue weighted by atomic mass is 15.2. The van der Waals surface area contributed by atoms with Gasteiger partial charge in [-0.05, 0) is 37.3 Å². The molecule has 0 saturated heterocycles.